The maximum Gasteiger partial charge on any atom is 0.312 e. The monoisotopic (exact) mass is 330 g/mol. The van der Waals surface area contributed by atoms with Gasteiger partial charge in [0.2, 0.25) is 0 Å². The molecule has 0 aliphatic heterocycles. The molecule has 0 aliphatic carbocycles. The van der Waals surface area contributed by atoms with Crippen LogP contribution in [0.3, 0.4) is 0 Å². The fourth-order valence-electron chi connectivity index (χ4n) is 1.39. The Morgan fingerprint density at radius 1 is 1.29 bits per heavy atom. The fourth-order valence-corrected chi connectivity index (χ4v) is 2.64. The van der Waals surface area contributed by atoms with E-state index in [1.165, 1.54) is 12.4 Å². The quantitative estimate of drug-likeness (QED) is 0.641. The minimum Gasteiger partial charge on any atom is -0.502 e. The van der Waals surface area contributed by atoms with Crippen molar-refractivity contribution in [3.63, 3.8) is 0 Å². The molecule has 0 radical (unpaired) electrons. The third-order valence-electron chi connectivity index (χ3n) is 2.34. The summed E-state index contributed by atoms with van der Waals surface area (Å²) >= 11 is 5.68. The van der Waals surface area contributed by atoms with E-state index >= 15 is 0 Å². The number of nitrogens with one attached hydrogen (secondary N) is 1. The van der Waals surface area contributed by atoms with Crippen LogP contribution < -0.4 is 4.72 Å². The first kappa shape index (κ1) is 14.9. The van der Waals surface area contributed by atoms with E-state index in [0.29, 0.717) is 0 Å². The van der Waals surface area contributed by atoms with E-state index in [0.717, 1.165) is 18.2 Å². The minimum absolute atomic E-state index is 0.172. The fraction of sp³-hybridized carbons (Fsp3) is 0. The highest BCUT2D eigenvalue weighted by atomic mass is 35.5. The second kappa shape index (κ2) is 5.50. The summed E-state index contributed by atoms with van der Waals surface area (Å²) in [5.74, 6) is -0.855. The van der Waals surface area contributed by atoms with Gasteiger partial charge in [0, 0.05) is 18.5 Å². The lowest BCUT2D eigenvalue weighted by Crippen LogP contribution is -2.14. The molecule has 2 N–H and O–H groups in total. The van der Waals surface area contributed by atoms with Crippen molar-refractivity contribution in [2.24, 2.45) is 0 Å². The molecule has 21 heavy (non-hydrogen) atoms. The number of aromatic nitrogens is 2. The summed E-state index contributed by atoms with van der Waals surface area (Å²) in [7, 11) is -4.16. The average Bonchev–Trinajstić information content (AvgIpc) is 2.41. The smallest absolute Gasteiger partial charge is 0.312 e. The van der Waals surface area contributed by atoms with Crippen LogP contribution in [0.25, 0.3) is 0 Å². The molecule has 0 aliphatic rings. The molecule has 0 amide bonds. The maximum absolute atomic E-state index is 12.1. The number of benzene rings is 1. The van der Waals surface area contributed by atoms with Gasteiger partial charge < -0.3 is 5.11 Å². The topological polar surface area (TPSA) is 135 Å². The van der Waals surface area contributed by atoms with Crippen molar-refractivity contribution in [1.29, 1.82) is 0 Å². The number of hydrogen-bond donors (Lipinski definition) is 2. The summed E-state index contributed by atoms with van der Waals surface area (Å²) in [5, 5.41) is 19.8. The van der Waals surface area contributed by atoms with Crippen molar-refractivity contribution >= 4 is 33.1 Å². The Hall–Kier alpha value is -2.46. The van der Waals surface area contributed by atoms with Crippen molar-refractivity contribution in [2.45, 2.75) is 4.90 Å². The first-order valence-corrected chi connectivity index (χ1v) is 7.14. The summed E-state index contributed by atoms with van der Waals surface area (Å²) in [6, 6.07) is 2.64. The van der Waals surface area contributed by atoms with Gasteiger partial charge in [-0.15, -0.1) is 0 Å². The first-order valence-electron chi connectivity index (χ1n) is 5.28. The number of aromatic hydroxyl groups is 1. The number of nitro benzene ring substituents is 1. The highest BCUT2D eigenvalue weighted by Gasteiger charge is 2.22. The maximum atomic E-state index is 12.1. The predicted molar refractivity (Wildman–Crippen MR) is 72.6 cm³/mol. The molecule has 0 saturated carbocycles. The Morgan fingerprint density at radius 3 is 2.57 bits per heavy atom. The van der Waals surface area contributed by atoms with Gasteiger partial charge in [-0.1, -0.05) is 11.6 Å². The Morgan fingerprint density at radius 2 is 1.95 bits per heavy atom. The number of phenols is 1. The van der Waals surface area contributed by atoms with Gasteiger partial charge in [0.25, 0.3) is 10.0 Å². The van der Waals surface area contributed by atoms with Gasteiger partial charge in [-0.2, -0.15) is 0 Å². The zero-order valence-corrected chi connectivity index (χ0v) is 11.7. The highest BCUT2D eigenvalue weighted by Crippen LogP contribution is 2.29. The largest absolute Gasteiger partial charge is 0.502 e. The average molecular weight is 331 g/mol. The molecule has 0 saturated heterocycles. The van der Waals surface area contributed by atoms with Crippen LogP contribution in [0.15, 0.2) is 35.5 Å². The minimum atomic E-state index is -4.16. The number of sulfonamides is 1. The molecule has 0 bridgehead atoms. The van der Waals surface area contributed by atoms with E-state index in [1.54, 1.807) is 0 Å². The van der Waals surface area contributed by atoms with E-state index in [2.05, 4.69) is 14.7 Å². The van der Waals surface area contributed by atoms with Gasteiger partial charge in [-0.3, -0.25) is 14.8 Å². The number of anilines is 1. The van der Waals surface area contributed by atoms with E-state index < -0.39 is 31.3 Å². The van der Waals surface area contributed by atoms with Crippen LogP contribution in [0.4, 0.5) is 11.5 Å². The van der Waals surface area contributed by atoms with Crippen molar-refractivity contribution in [3.8, 4) is 5.75 Å². The molecule has 11 heteroatoms. The second-order valence-electron chi connectivity index (χ2n) is 3.71. The third kappa shape index (κ3) is 3.17. The van der Waals surface area contributed by atoms with Crippen LogP contribution in [-0.2, 0) is 10.0 Å². The molecule has 110 valence electrons. The van der Waals surface area contributed by atoms with Crippen molar-refractivity contribution < 1.29 is 18.4 Å². The summed E-state index contributed by atoms with van der Waals surface area (Å²) in [6.07, 6.45) is 2.49. The molecule has 1 aromatic carbocycles. The summed E-state index contributed by atoms with van der Waals surface area (Å²) in [6.45, 7) is 0. The van der Waals surface area contributed by atoms with Crippen LogP contribution in [0, 0.1) is 10.1 Å². The van der Waals surface area contributed by atoms with E-state index in [1.807, 2.05) is 0 Å². The standard InChI is InChI=1S/C10H7ClN4O5S/c11-9-10(13-4-3-12-9)14-21(19,20)6-1-2-8(16)7(5-6)15(17)18/h1-5,16H,(H,13,14). The Bertz CT molecular complexity index is 811. The number of nitro groups is 1. The Balaban J connectivity index is 2.43. The molecule has 9 nitrogen and oxygen atoms in total. The number of phenolic OH excluding ortho intramolecular Hbond substituents is 1. The van der Waals surface area contributed by atoms with Gasteiger partial charge in [0.15, 0.2) is 16.7 Å². The van der Waals surface area contributed by atoms with Crippen LogP contribution >= 0.6 is 11.6 Å². The van der Waals surface area contributed by atoms with E-state index in [4.69, 9.17) is 11.6 Å². The molecule has 0 spiro atoms. The second-order valence-corrected chi connectivity index (χ2v) is 5.75. The molecule has 2 aromatic rings. The van der Waals surface area contributed by atoms with Crippen molar-refractivity contribution in [1.82, 2.24) is 9.97 Å². The lowest BCUT2D eigenvalue weighted by Gasteiger charge is -2.08. The summed E-state index contributed by atoms with van der Waals surface area (Å²) in [4.78, 5) is 16.7. The lowest BCUT2D eigenvalue weighted by atomic mass is 10.3. The van der Waals surface area contributed by atoms with E-state index in [9.17, 15) is 23.6 Å². The predicted octanol–water partition coefficient (Wildman–Crippen LogP) is 1.54. The normalized spacial score (nSPS) is 11.1. The first-order chi connectivity index (χ1) is 9.81. The van der Waals surface area contributed by atoms with Crippen molar-refractivity contribution in [3.05, 3.63) is 45.9 Å². The Labute approximate surface area is 123 Å². The molecular formula is C10H7ClN4O5S. The number of rotatable bonds is 4. The molecule has 0 unspecified atom stereocenters. The molecule has 0 fully saturated rings. The summed E-state index contributed by atoms with van der Waals surface area (Å²) in [5.41, 5.74) is -0.733. The molecular weight excluding hydrogens is 324 g/mol. The zero-order chi connectivity index (χ0) is 15.6. The molecule has 1 heterocycles. The highest BCUT2D eigenvalue weighted by molar-refractivity contribution is 7.92. The van der Waals surface area contributed by atoms with Crippen molar-refractivity contribution in [2.75, 3.05) is 4.72 Å². The zero-order valence-electron chi connectivity index (χ0n) is 10.1. The van der Waals surface area contributed by atoms with Crippen LogP contribution in [0.1, 0.15) is 0 Å². The lowest BCUT2D eigenvalue weighted by molar-refractivity contribution is -0.386. The summed E-state index contributed by atoms with van der Waals surface area (Å²) < 4.78 is 26.2. The van der Waals surface area contributed by atoms with E-state index in [-0.39, 0.29) is 11.0 Å². The van der Waals surface area contributed by atoms with Gasteiger partial charge in [-0.05, 0) is 12.1 Å². The molecule has 2 rings (SSSR count). The number of nitrogens with zero attached hydrogens (tertiary/aromatic N) is 3. The Kier molecular flexibility index (Phi) is 3.91. The number of halogens is 1. The number of hydrogen-bond acceptors (Lipinski definition) is 7. The van der Waals surface area contributed by atoms with Gasteiger partial charge in [-0.25, -0.2) is 18.4 Å². The SMILES string of the molecule is O=[N+]([O-])c1cc(S(=O)(=O)Nc2nccnc2Cl)ccc1O. The van der Waals surface area contributed by atoms with Gasteiger partial charge >= 0.3 is 5.69 Å². The molecule has 1 aromatic heterocycles. The van der Waals surface area contributed by atoms with Crippen LogP contribution in [0.5, 0.6) is 5.75 Å². The van der Waals surface area contributed by atoms with Crippen LogP contribution in [-0.4, -0.2) is 28.4 Å². The van der Waals surface area contributed by atoms with Gasteiger partial charge in [0.05, 0.1) is 9.82 Å². The molecule has 0 atom stereocenters. The third-order valence-corrected chi connectivity index (χ3v) is 3.95. The van der Waals surface area contributed by atoms with Gasteiger partial charge in [0.1, 0.15) is 0 Å². The van der Waals surface area contributed by atoms with Crippen LogP contribution in [0.2, 0.25) is 5.15 Å².